The minimum atomic E-state index is 0. The fraction of sp³-hybridized carbons (Fsp3) is 0.333. The molecule has 0 aliphatic heterocycles. The molecule has 0 fully saturated rings. The molecule has 0 aromatic heterocycles. The van der Waals surface area contributed by atoms with E-state index < -0.39 is 0 Å². The van der Waals surface area contributed by atoms with E-state index in [9.17, 15) is 0 Å². The zero-order valence-electron chi connectivity index (χ0n) is 13.3. The van der Waals surface area contributed by atoms with Gasteiger partial charge in [-0.2, -0.15) is 0 Å². The first-order valence-electron chi connectivity index (χ1n) is 6.87. The minimum Gasteiger partial charge on any atom is -0.0622 e. The molecule has 0 saturated carbocycles. The van der Waals surface area contributed by atoms with Crippen LogP contribution < -0.4 is 0 Å². The van der Waals surface area contributed by atoms with Gasteiger partial charge in [-0.1, -0.05) is 74.5 Å². The van der Waals surface area contributed by atoms with Gasteiger partial charge in [0, 0.05) is 37.7 Å². The fourth-order valence-electron chi connectivity index (χ4n) is 2.40. The number of benzene rings is 2. The van der Waals surface area contributed by atoms with E-state index in [-0.39, 0.29) is 37.7 Å². The molecule has 0 saturated heterocycles. The second-order valence-electron chi connectivity index (χ2n) is 5.20. The summed E-state index contributed by atoms with van der Waals surface area (Å²) in [6.07, 6.45) is 2.50. The maximum Gasteiger partial charge on any atom is 0 e. The summed E-state index contributed by atoms with van der Waals surface area (Å²) in [6, 6.07) is 21.6. The molecule has 2 rings (SSSR count). The van der Waals surface area contributed by atoms with Crippen molar-refractivity contribution in [3.8, 4) is 0 Å². The van der Waals surface area contributed by atoms with Crippen LogP contribution in [0.15, 0.2) is 60.7 Å². The molecular weight excluding hydrogens is 230 g/mol. The van der Waals surface area contributed by atoms with E-state index in [2.05, 4.69) is 74.5 Å². The molecule has 0 aliphatic carbocycles. The molecule has 2 aromatic carbocycles. The van der Waals surface area contributed by atoms with E-state index in [0.29, 0.717) is 11.8 Å². The van der Waals surface area contributed by atoms with E-state index in [4.69, 9.17) is 0 Å². The van der Waals surface area contributed by atoms with Gasteiger partial charge in [0.2, 0.25) is 0 Å². The second-order valence-corrected chi connectivity index (χ2v) is 5.20. The van der Waals surface area contributed by atoms with Gasteiger partial charge >= 0.3 is 0 Å². The largest absolute Gasteiger partial charge is 0.0622 e. The van der Waals surface area contributed by atoms with E-state index in [0.717, 1.165) is 0 Å². The Morgan fingerprint density at radius 1 is 0.600 bits per heavy atom. The van der Waals surface area contributed by atoms with E-state index >= 15 is 0 Å². The molecule has 2 aromatic rings. The molecule has 0 aliphatic rings. The van der Waals surface area contributed by atoms with Gasteiger partial charge in [0.05, 0.1) is 0 Å². The van der Waals surface area contributed by atoms with Crippen molar-refractivity contribution in [2.75, 3.05) is 0 Å². The third-order valence-corrected chi connectivity index (χ3v) is 3.77. The van der Waals surface area contributed by atoms with Crippen LogP contribution in [0.5, 0.6) is 0 Å². The molecule has 2 heteroatoms. The Kier molecular flexibility index (Phi) is 10.2. The number of hydrogen-bond acceptors (Lipinski definition) is 0. The summed E-state index contributed by atoms with van der Waals surface area (Å²) in [6.45, 7) is 4.65. The zero-order valence-corrected chi connectivity index (χ0v) is 13.3. The van der Waals surface area contributed by atoms with Crippen molar-refractivity contribution < 1.29 is 0 Å². The third-order valence-electron chi connectivity index (χ3n) is 3.77. The van der Waals surface area contributed by atoms with Crippen LogP contribution in [0.4, 0.5) is 0 Å². The first kappa shape index (κ1) is 19.6. The van der Waals surface area contributed by atoms with Crippen LogP contribution in [0.25, 0.3) is 0 Å². The quantitative estimate of drug-likeness (QED) is 0.681. The Balaban J connectivity index is 0.00000180. The molecule has 2 unspecified atom stereocenters. The summed E-state index contributed by atoms with van der Waals surface area (Å²) in [7, 11) is 0. The third kappa shape index (κ3) is 5.95. The van der Waals surface area contributed by atoms with Crippen LogP contribution in [-0.2, 0) is 0 Å². The molecule has 0 bridgehead atoms. The van der Waals surface area contributed by atoms with Gasteiger partial charge in [-0.3, -0.25) is 0 Å². The van der Waals surface area contributed by atoms with Gasteiger partial charge in [0.25, 0.3) is 0 Å². The van der Waals surface area contributed by atoms with Gasteiger partial charge in [0.1, 0.15) is 0 Å². The SMILES string of the molecule is CC(CCC(C)c1ccccc1)c1ccccc1.[Li].[Li]. The summed E-state index contributed by atoms with van der Waals surface area (Å²) in [5.41, 5.74) is 2.91. The van der Waals surface area contributed by atoms with Crippen LogP contribution in [0.1, 0.15) is 49.7 Å². The standard InChI is InChI=1S/C18H22.2Li/c1-15(17-9-5-3-6-10-17)13-14-16(2)18-11-7-4-8-12-18;;/h3-12,15-16H,13-14H2,1-2H3;;. The first-order chi connectivity index (χ1) is 8.77. The molecule has 0 spiro atoms. The average Bonchev–Trinajstić information content (AvgIpc) is 2.46. The second kappa shape index (κ2) is 10.4. The van der Waals surface area contributed by atoms with E-state index in [1.807, 2.05) is 0 Å². The zero-order chi connectivity index (χ0) is 12.8. The van der Waals surface area contributed by atoms with Crippen molar-refractivity contribution in [3.63, 3.8) is 0 Å². The van der Waals surface area contributed by atoms with Gasteiger partial charge in [0.15, 0.2) is 0 Å². The average molecular weight is 252 g/mol. The molecule has 0 heterocycles. The van der Waals surface area contributed by atoms with Crippen LogP contribution in [0, 0.1) is 0 Å². The molecule has 0 nitrogen and oxygen atoms in total. The van der Waals surface area contributed by atoms with Crippen LogP contribution in [-0.4, -0.2) is 37.7 Å². The Morgan fingerprint density at radius 3 is 1.20 bits per heavy atom. The predicted molar refractivity (Wildman–Crippen MR) is 90.5 cm³/mol. The first-order valence-corrected chi connectivity index (χ1v) is 6.87. The molecule has 20 heavy (non-hydrogen) atoms. The summed E-state index contributed by atoms with van der Waals surface area (Å²) in [4.78, 5) is 0. The monoisotopic (exact) mass is 252 g/mol. The fourth-order valence-corrected chi connectivity index (χ4v) is 2.40. The van der Waals surface area contributed by atoms with Crippen LogP contribution >= 0.6 is 0 Å². The van der Waals surface area contributed by atoms with Crippen LogP contribution in [0.2, 0.25) is 0 Å². The Bertz CT molecular complexity index is 408. The minimum absolute atomic E-state index is 0. The molecular formula is C18H22Li2. The van der Waals surface area contributed by atoms with Crippen molar-refractivity contribution in [2.45, 2.75) is 38.5 Å². The van der Waals surface area contributed by atoms with Crippen molar-refractivity contribution >= 4 is 37.7 Å². The predicted octanol–water partition coefficient (Wildman–Crippen LogP) is 4.61. The van der Waals surface area contributed by atoms with Crippen molar-refractivity contribution in [3.05, 3.63) is 71.8 Å². The Labute approximate surface area is 147 Å². The van der Waals surface area contributed by atoms with Crippen molar-refractivity contribution in [1.82, 2.24) is 0 Å². The smallest absolute Gasteiger partial charge is 0 e. The van der Waals surface area contributed by atoms with Crippen molar-refractivity contribution in [2.24, 2.45) is 0 Å². The molecule has 2 radical (unpaired) electrons. The van der Waals surface area contributed by atoms with Crippen molar-refractivity contribution in [1.29, 1.82) is 0 Å². The summed E-state index contributed by atoms with van der Waals surface area (Å²) in [5, 5.41) is 0. The van der Waals surface area contributed by atoms with E-state index in [1.54, 1.807) is 0 Å². The van der Waals surface area contributed by atoms with Crippen LogP contribution in [0.3, 0.4) is 0 Å². The molecule has 2 atom stereocenters. The maximum absolute atomic E-state index is 2.33. The summed E-state index contributed by atoms with van der Waals surface area (Å²) < 4.78 is 0. The summed E-state index contributed by atoms with van der Waals surface area (Å²) >= 11 is 0. The Morgan fingerprint density at radius 2 is 0.900 bits per heavy atom. The molecule has 0 N–H and O–H groups in total. The summed E-state index contributed by atoms with van der Waals surface area (Å²) in [5.74, 6) is 1.30. The molecule has 0 amide bonds. The topological polar surface area (TPSA) is 0 Å². The molecule has 96 valence electrons. The van der Waals surface area contributed by atoms with Gasteiger partial charge in [-0.15, -0.1) is 0 Å². The van der Waals surface area contributed by atoms with Gasteiger partial charge < -0.3 is 0 Å². The normalized spacial score (nSPS) is 12.7. The number of rotatable bonds is 5. The van der Waals surface area contributed by atoms with E-state index in [1.165, 1.54) is 24.0 Å². The van der Waals surface area contributed by atoms with Gasteiger partial charge in [-0.25, -0.2) is 0 Å². The Hall–Kier alpha value is -0.365. The van der Waals surface area contributed by atoms with Gasteiger partial charge in [-0.05, 0) is 35.8 Å². The number of hydrogen-bond donors (Lipinski definition) is 0. The maximum atomic E-state index is 2.33.